The van der Waals surface area contributed by atoms with E-state index < -0.39 is 5.82 Å². The highest BCUT2D eigenvalue weighted by Crippen LogP contribution is 2.26. The Balaban J connectivity index is 2.04. The molecule has 1 saturated heterocycles. The minimum absolute atomic E-state index is 0.0386. The van der Waals surface area contributed by atoms with E-state index in [1.165, 1.54) is 6.07 Å². The normalized spacial score (nSPS) is 22.5. The van der Waals surface area contributed by atoms with Crippen LogP contribution < -0.4 is 5.32 Å². The Kier molecular flexibility index (Phi) is 5.56. The lowest BCUT2D eigenvalue weighted by Crippen LogP contribution is -2.34. The number of hydrogen-bond donors (Lipinski definition) is 1. The zero-order valence-electron chi connectivity index (χ0n) is 12.2. The Morgan fingerprint density at radius 3 is 2.90 bits per heavy atom. The lowest BCUT2D eigenvalue weighted by Gasteiger charge is -2.16. The number of carbonyl (C=O) groups is 1. The number of amides is 1. The summed E-state index contributed by atoms with van der Waals surface area (Å²) in [6, 6.07) is 4.73. The first-order valence-electron chi connectivity index (χ1n) is 6.92. The van der Waals surface area contributed by atoms with Crippen molar-refractivity contribution in [1.82, 2.24) is 10.2 Å². The summed E-state index contributed by atoms with van der Waals surface area (Å²) in [7, 11) is 3.29. The van der Waals surface area contributed by atoms with Crippen molar-refractivity contribution in [2.24, 2.45) is 11.8 Å². The van der Waals surface area contributed by atoms with Gasteiger partial charge < -0.3 is 10.1 Å². The van der Waals surface area contributed by atoms with Crippen LogP contribution in [0, 0.1) is 17.7 Å². The molecule has 21 heavy (non-hydrogen) atoms. The van der Waals surface area contributed by atoms with E-state index in [1.807, 2.05) is 0 Å². The molecule has 0 aromatic heterocycles. The van der Waals surface area contributed by atoms with Crippen LogP contribution in [0.25, 0.3) is 0 Å². The maximum Gasteiger partial charge on any atom is 0.224 e. The van der Waals surface area contributed by atoms with Gasteiger partial charge in [-0.05, 0) is 17.7 Å². The van der Waals surface area contributed by atoms with Gasteiger partial charge in [0.1, 0.15) is 5.82 Å². The average molecular weight is 315 g/mol. The molecule has 2 atom stereocenters. The Hall–Kier alpha value is -1.17. The van der Waals surface area contributed by atoms with Crippen molar-refractivity contribution < 1.29 is 13.9 Å². The van der Waals surface area contributed by atoms with Crippen LogP contribution in [0.1, 0.15) is 5.56 Å². The van der Waals surface area contributed by atoms with Gasteiger partial charge in [-0.15, -0.1) is 0 Å². The molecule has 0 radical (unpaired) electrons. The van der Waals surface area contributed by atoms with E-state index in [2.05, 4.69) is 10.2 Å². The van der Waals surface area contributed by atoms with Gasteiger partial charge in [-0.2, -0.15) is 0 Å². The van der Waals surface area contributed by atoms with Crippen LogP contribution in [0.15, 0.2) is 18.2 Å². The van der Waals surface area contributed by atoms with Crippen LogP contribution in [0.3, 0.4) is 0 Å². The molecule has 1 aliphatic rings. The largest absolute Gasteiger partial charge is 0.384 e. The van der Waals surface area contributed by atoms with Crippen LogP contribution in [0.4, 0.5) is 4.39 Å². The molecule has 0 unspecified atom stereocenters. The van der Waals surface area contributed by atoms with E-state index in [0.717, 1.165) is 12.1 Å². The second-order valence-electron chi connectivity index (χ2n) is 5.38. The maximum atomic E-state index is 13.2. The standard InChI is InChI=1S/C15H20ClFN2O2/c1-18-15(20)12-8-19(7-11(12)9-21-2)6-10-3-4-14(17)13(16)5-10/h3-5,11-12H,6-9H2,1-2H3,(H,18,20)/t11-,12+/m0/s1. The highest BCUT2D eigenvalue weighted by Gasteiger charge is 2.36. The van der Waals surface area contributed by atoms with Crippen molar-refractivity contribution in [3.8, 4) is 0 Å². The molecule has 6 heteroatoms. The fourth-order valence-corrected chi connectivity index (χ4v) is 3.05. The summed E-state index contributed by atoms with van der Waals surface area (Å²) in [5.41, 5.74) is 0.940. The first-order valence-corrected chi connectivity index (χ1v) is 7.29. The summed E-state index contributed by atoms with van der Waals surface area (Å²) in [6.07, 6.45) is 0. The zero-order chi connectivity index (χ0) is 15.4. The molecular formula is C15H20ClFN2O2. The minimum Gasteiger partial charge on any atom is -0.384 e. The molecular weight excluding hydrogens is 295 g/mol. The number of methoxy groups -OCH3 is 1. The Labute approximate surface area is 129 Å². The summed E-state index contributed by atoms with van der Waals surface area (Å²) in [6.45, 7) is 2.65. The molecule has 1 heterocycles. The quantitative estimate of drug-likeness (QED) is 0.903. The summed E-state index contributed by atoms with van der Waals surface area (Å²) in [5.74, 6) is -0.282. The molecule has 0 spiro atoms. The summed E-state index contributed by atoms with van der Waals surface area (Å²) in [5, 5.41) is 2.83. The predicted molar refractivity (Wildman–Crippen MR) is 79.6 cm³/mol. The number of carbonyl (C=O) groups excluding carboxylic acids is 1. The van der Waals surface area contributed by atoms with E-state index in [4.69, 9.17) is 16.3 Å². The minimum atomic E-state index is -0.415. The molecule has 1 aromatic carbocycles. The van der Waals surface area contributed by atoms with Gasteiger partial charge >= 0.3 is 0 Å². The molecule has 1 fully saturated rings. The fourth-order valence-electron chi connectivity index (χ4n) is 2.85. The van der Waals surface area contributed by atoms with Crippen LogP contribution in [-0.2, 0) is 16.1 Å². The van der Waals surface area contributed by atoms with Crippen molar-refractivity contribution in [2.75, 3.05) is 33.9 Å². The van der Waals surface area contributed by atoms with E-state index in [0.29, 0.717) is 19.7 Å². The SMILES string of the molecule is CNC(=O)[C@@H]1CN(Cc2ccc(F)c(Cl)c2)C[C@H]1COC. The maximum absolute atomic E-state index is 13.2. The van der Waals surface area contributed by atoms with Crippen LogP contribution >= 0.6 is 11.6 Å². The molecule has 0 aliphatic carbocycles. The Bertz CT molecular complexity index is 512. The number of halogens is 2. The molecule has 0 bridgehead atoms. The van der Waals surface area contributed by atoms with Gasteiger partial charge in [0.2, 0.25) is 5.91 Å². The van der Waals surface area contributed by atoms with E-state index in [9.17, 15) is 9.18 Å². The first-order chi connectivity index (χ1) is 10.0. The first kappa shape index (κ1) is 16.2. The molecule has 2 rings (SSSR count). The lowest BCUT2D eigenvalue weighted by molar-refractivity contribution is -0.125. The van der Waals surface area contributed by atoms with Gasteiger partial charge in [0, 0.05) is 39.7 Å². The molecule has 1 aliphatic heterocycles. The molecule has 1 amide bonds. The second-order valence-corrected chi connectivity index (χ2v) is 5.79. The van der Waals surface area contributed by atoms with Crippen LogP contribution in [-0.4, -0.2) is 44.7 Å². The number of nitrogens with one attached hydrogen (secondary N) is 1. The molecule has 1 aromatic rings. The molecule has 116 valence electrons. The van der Waals surface area contributed by atoms with Gasteiger partial charge in [0.05, 0.1) is 17.5 Å². The lowest BCUT2D eigenvalue weighted by atomic mass is 9.96. The number of likely N-dealkylation sites (tertiary alicyclic amines) is 1. The second kappa shape index (κ2) is 7.20. The van der Waals surface area contributed by atoms with Gasteiger partial charge in [0.25, 0.3) is 0 Å². The van der Waals surface area contributed by atoms with Crippen molar-refractivity contribution in [2.45, 2.75) is 6.54 Å². The molecule has 1 N–H and O–H groups in total. The van der Waals surface area contributed by atoms with Gasteiger partial charge in [0.15, 0.2) is 0 Å². The van der Waals surface area contributed by atoms with Gasteiger partial charge in [-0.25, -0.2) is 4.39 Å². The van der Waals surface area contributed by atoms with E-state index in [-0.39, 0.29) is 22.8 Å². The smallest absolute Gasteiger partial charge is 0.224 e. The van der Waals surface area contributed by atoms with E-state index >= 15 is 0 Å². The summed E-state index contributed by atoms with van der Waals surface area (Å²) >= 11 is 5.80. The Morgan fingerprint density at radius 2 is 2.29 bits per heavy atom. The highest BCUT2D eigenvalue weighted by atomic mass is 35.5. The third-order valence-electron chi connectivity index (χ3n) is 3.87. The topological polar surface area (TPSA) is 41.6 Å². The summed E-state index contributed by atoms with van der Waals surface area (Å²) < 4.78 is 18.4. The fraction of sp³-hybridized carbons (Fsp3) is 0.533. The van der Waals surface area contributed by atoms with Crippen molar-refractivity contribution in [3.05, 3.63) is 34.6 Å². The zero-order valence-corrected chi connectivity index (χ0v) is 13.0. The Morgan fingerprint density at radius 1 is 1.52 bits per heavy atom. The van der Waals surface area contributed by atoms with Crippen molar-refractivity contribution in [3.63, 3.8) is 0 Å². The number of ether oxygens (including phenoxy) is 1. The van der Waals surface area contributed by atoms with Crippen LogP contribution in [0.2, 0.25) is 5.02 Å². The van der Waals surface area contributed by atoms with Gasteiger partial charge in [-0.1, -0.05) is 17.7 Å². The number of rotatable bonds is 5. The van der Waals surface area contributed by atoms with E-state index in [1.54, 1.807) is 26.3 Å². The number of nitrogens with zero attached hydrogens (tertiary/aromatic N) is 1. The average Bonchev–Trinajstić information content (AvgIpc) is 2.85. The molecule has 0 saturated carbocycles. The monoisotopic (exact) mass is 314 g/mol. The number of hydrogen-bond acceptors (Lipinski definition) is 3. The highest BCUT2D eigenvalue weighted by molar-refractivity contribution is 6.30. The summed E-state index contributed by atoms with van der Waals surface area (Å²) in [4.78, 5) is 14.1. The third-order valence-corrected chi connectivity index (χ3v) is 4.16. The van der Waals surface area contributed by atoms with Crippen LogP contribution in [0.5, 0.6) is 0 Å². The van der Waals surface area contributed by atoms with Gasteiger partial charge in [-0.3, -0.25) is 9.69 Å². The predicted octanol–water partition coefficient (Wildman–Crippen LogP) is 1.92. The van der Waals surface area contributed by atoms with Crippen molar-refractivity contribution >= 4 is 17.5 Å². The van der Waals surface area contributed by atoms with Crippen molar-refractivity contribution in [1.29, 1.82) is 0 Å². The molecule has 4 nitrogen and oxygen atoms in total. The third kappa shape index (κ3) is 3.93. The number of benzene rings is 1.